The molecule has 1 heterocycles. The van der Waals surface area contributed by atoms with E-state index >= 15 is 0 Å². The van der Waals surface area contributed by atoms with E-state index in [0.29, 0.717) is 48.8 Å². The van der Waals surface area contributed by atoms with E-state index in [4.69, 9.17) is 31.5 Å². The number of fused-ring (bicyclic) bond motifs is 1. The summed E-state index contributed by atoms with van der Waals surface area (Å²) in [5.74, 6) is 2.40. The average Bonchev–Trinajstić information content (AvgIpc) is 2.91. The Morgan fingerprint density at radius 2 is 2.08 bits per heavy atom. The Balaban J connectivity index is 1.64. The fourth-order valence-corrected chi connectivity index (χ4v) is 2.93. The standard InChI is InChI=1S/C19H22ClN3O3/c1-24-16-6-3-2-5-14(16)12-23-19(21)22-11-13-9-15(20)18-17(10-13)25-7-4-8-26-18/h2-3,5-6,9-10H,4,7-8,11-12H2,1H3,(H3,21,22,23). The molecule has 6 nitrogen and oxygen atoms in total. The minimum Gasteiger partial charge on any atom is -0.496 e. The molecule has 3 N–H and O–H groups in total. The van der Waals surface area contributed by atoms with Gasteiger partial charge < -0.3 is 25.3 Å². The predicted octanol–water partition coefficient (Wildman–Crippen LogP) is 3.11. The Morgan fingerprint density at radius 1 is 1.27 bits per heavy atom. The summed E-state index contributed by atoms with van der Waals surface area (Å²) in [6.07, 6.45) is 0.832. The number of nitrogens with one attached hydrogen (secondary N) is 1. The summed E-state index contributed by atoms with van der Waals surface area (Å²) in [6, 6.07) is 11.5. The van der Waals surface area contributed by atoms with Gasteiger partial charge in [-0.05, 0) is 23.8 Å². The molecule has 2 aromatic rings. The maximum Gasteiger partial charge on any atom is 0.189 e. The second kappa shape index (κ2) is 8.67. The van der Waals surface area contributed by atoms with Crippen LogP contribution in [0, 0.1) is 0 Å². The van der Waals surface area contributed by atoms with Gasteiger partial charge in [0.2, 0.25) is 0 Å². The Bertz CT molecular complexity index is 796. The first-order valence-electron chi connectivity index (χ1n) is 8.41. The number of nitrogens with two attached hydrogens (primary N) is 1. The van der Waals surface area contributed by atoms with Crippen molar-refractivity contribution in [3.8, 4) is 17.2 Å². The van der Waals surface area contributed by atoms with Crippen molar-refractivity contribution in [2.75, 3.05) is 20.3 Å². The topological polar surface area (TPSA) is 78.1 Å². The summed E-state index contributed by atoms with van der Waals surface area (Å²) < 4.78 is 16.6. The highest BCUT2D eigenvalue weighted by Crippen LogP contribution is 2.38. The van der Waals surface area contributed by atoms with Gasteiger partial charge in [-0.15, -0.1) is 0 Å². The third-order valence-corrected chi connectivity index (χ3v) is 4.23. The molecule has 138 valence electrons. The highest BCUT2D eigenvalue weighted by atomic mass is 35.5. The predicted molar refractivity (Wildman–Crippen MR) is 102 cm³/mol. The van der Waals surface area contributed by atoms with Crippen molar-refractivity contribution in [3.63, 3.8) is 0 Å². The minimum atomic E-state index is 0.346. The molecule has 0 aliphatic carbocycles. The van der Waals surface area contributed by atoms with Gasteiger partial charge in [-0.3, -0.25) is 0 Å². The van der Waals surface area contributed by atoms with Gasteiger partial charge in [0.25, 0.3) is 0 Å². The Morgan fingerprint density at radius 3 is 2.92 bits per heavy atom. The number of halogens is 1. The number of ether oxygens (including phenoxy) is 3. The average molecular weight is 376 g/mol. The highest BCUT2D eigenvalue weighted by Gasteiger charge is 2.15. The number of para-hydroxylation sites is 1. The molecule has 26 heavy (non-hydrogen) atoms. The fraction of sp³-hybridized carbons (Fsp3) is 0.316. The number of hydrogen-bond donors (Lipinski definition) is 2. The molecule has 1 aliphatic heterocycles. The van der Waals surface area contributed by atoms with E-state index in [0.717, 1.165) is 23.3 Å². The van der Waals surface area contributed by atoms with E-state index in [2.05, 4.69) is 10.3 Å². The Hall–Kier alpha value is -2.60. The molecule has 0 bridgehead atoms. The van der Waals surface area contributed by atoms with Gasteiger partial charge in [0.05, 0.1) is 31.9 Å². The fourth-order valence-electron chi connectivity index (χ4n) is 2.64. The Labute approximate surface area is 157 Å². The lowest BCUT2D eigenvalue weighted by Crippen LogP contribution is -2.31. The number of rotatable bonds is 5. The summed E-state index contributed by atoms with van der Waals surface area (Å²) in [5.41, 5.74) is 7.88. The third-order valence-electron chi connectivity index (χ3n) is 3.95. The SMILES string of the molecule is COc1ccccc1CNC(N)=NCc1cc(Cl)c2c(c1)OCCCO2. The van der Waals surface area contributed by atoms with E-state index in [1.807, 2.05) is 36.4 Å². The smallest absolute Gasteiger partial charge is 0.189 e. The maximum atomic E-state index is 6.30. The van der Waals surface area contributed by atoms with Crippen molar-refractivity contribution in [2.24, 2.45) is 10.7 Å². The van der Waals surface area contributed by atoms with Crippen LogP contribution in [0.15, 0.2) is 41.4 Å². The largest absolute Gasteiger partial charge is 0.496 e. The van der Waals surface area contributed by atoms with Crippen LogP contribution in [0.2, 0.25) is 5.02 Å². The van der Waals surface area contributed by atoms with Gasteiger partial charge >= 0.3 is 0 Å². The molecule has 7 heteroatoms. The Kier molecular flexibility index (Phi) is 6.07. The van der Waals surface area contributed by atoms with Crippen LogP contribution in [0.25, 0.3) is 0 Å². The summed E-state index contributed by atoms with van der Waals surface area (Å²) in [7, 11) is 1.64. The van der Waals surface area contributed by atoms with Gasteiger partial charge in [-0.1, -0.05) is 29.8 Å². The second-order valence-electron chi connectivity index (χ2n) is 5.82. The molecule has 0 unspecified atom stereocenters. The number of guanidine groups is 1. The van der Waals surface area contributed by atoms with Crippen molar-refractivity contribution >= 4 is 17.6 Å². The molecular formula is C19H22ClN3O3. The van der Waals surface area contributed by atoms with Crippen LogP contribution >= 0.6 is 11.6 Å². The number of benzene rings is 2. The van der Waals surface area contributed by atoms with Crippen molar-refractivity contribution in [2.45, 2.75) is 19.5 Å². The van der Waals surface area contributed by atoms with Crippen LogP contribution in [0.5, 0.6) is 17.2 Å². The first-order valence-corrected chi connectivity index (χ1v) is 8.79. The molecule has 3 rings (SSSR count). The zero-order valence-corrected chi connectivity index (χ0v) is 15.4. The molecule has 0 spiro atoms. The van der Waals surface area contributed by atoms with Crippen LogP contribution < -0.4 is 25.3 Å². The van der Waals surface area contributed by atoms with Gasteiger partial charge in [0.1, 0.15) is 5.75 Å². The minimum absolute atomic E-state index is 0.346. The molecule has 1 aliphatic rings. The molecule has 0 fully saturated rings. The summed E-state index contributed by atoms with van der Waals surface area (Å²) in [4.78, 5) is 4.37. The zero-order chi connectivity index (χ0) is 18.4. The maximum absolute atomic E-state index is 6.30. The second-order valence-corrected chi connectivity index (χ2v) is 6.23. The van der Waals surface area contributed by atoms with E-state index < -0.39 is 0 Å². The lowest BCUT2D eigenvalue weighted by Gasteiger charge is -2.11. The normalized spacial score (nSPS) is 13.8. The monoisotopic (exact) mass is 375 g/mol. The molecule has 0 saturated heterocycles. The van der Waals surface area contributed by atoms with E-state index in [1.165, 1.54) is 0 Å². The number of methoxy groups -OCH3 is 1. The summed E-state index contributed by atoms with van der Waals surface area (Å²) in [6.45, 7) is 2.13. The molecule has 0 amide bonds. The molecule has 0 aromatic heterocycles. The zero-order valence-electron chi connectivity index (χ0n) is 14.6. The quantitative estimate of drug-likeness (QED) is 0.620. The summed E-state index contributed by atoms with van der Waals surface area (Å²) >= 11 is 6.30. The lowest BCUT2D eigenvalue weighted by molar-refractivity contribution is 0.297. The van der Waals surface area contributed by atoms with Gasteiger partial charge in [-0.2, -0.15) is 0 Å². The van der Waals surface area contributed by atoms with Crippen molar-refractivity contribution in [3.05, 3.63) is 52.5 Å². The molecule has 0 saturated carbocycles. The van der Waals surface area contributed by atoms with Crippen LogP contribution in [-0.2, 0) is 13.1 Å². The van der Waals surface area contributed by atoms with E-state index in [9.17, 15) is 0 Å². The summed E-state index contributed by atoms with van der Waals surface area (Å²) in [5, 5.41) is 3.61. The molecule has 2 aromatic carbocycles. The van der Waals surface area contributed by atoms with Gasteiger partial charge in [0, 0.05) is 18.5 Å². The van der Waals surface area contributed by atoms with Crippen LogP contribution in [0.4, 0.5) is 0 Å². The van der Waals surface area contributed by atoms with Gasteiger partial charge in [0.15, 0.2) is 17.5 Å². The lowest BCUT2D eigenvalue weighted by atomic mass is 10.2. The van der Waals surface area contributed by atoms with Crippen LogP contribution in [-0.4, -0.2) is 26.3 Å². The first kappa shape index (κ1) is 18.2. The number of nitrogens with zero attached hydrogens (tertiary/aromatic N) is 1. The van der Waals surface area contributed by atoms with Crippen LogP contribution in [0.3, 0.4) is 0 Å². The molecule has 0 radical (unpaired) electrons. The molecular weight excluding hydrogens is 354 g/mol. The van der Waals surface area contributed by atoms with E-state index in [1.54, 1.807) is 7.11 Å². The highest BCUT2D eigenvalue weighted by molar-refractivity contribution is 6.32. The first-order chi connectivity index (χ1) is 12.7. The van der Waals surface area contributed by atoms with Crippen molar-refractivity contribution < 1.29 is 14.2 Å². The van der Waals surface area contributed by atoms with Gasteiger partial charge in [-0.25, -0.2) is 4.99 Å². The van der Waals surface area contributed by atoms with Crippen LogP contribution in [0.1, 0.15) is 17.5 Å². The molecule has 0 atom stereocenters. The third kappa shape index (κ3) is 4.52. The number of hydrogen-bond acceptors (Lipinski definition) is 4. The van der Waals surface area contributed by atoms with Crippen molar-refractivity contribution in [1.29, 1.82) is 0 Å². The van der Waals surface area contributed by atoms with Crippen molar-refractivity contribution in [1.82, 2.24) is 5.32 Å². The van der Waals surface area contributed by atoms with E-state index in [-0.39, 0.29) is 0 Å². The number of aliphatic imine (C=N–C) groups is 1.